The molecule has 0 spiro atoms. The first-order valence-corrected chi connectivity index (χ1v) is 11.0. The van der Waals surface area contributed by atoms with E-state index in [0.29, 0.717) is 6.54 Å². The standard InChI is InChI=1S/C8H13N.C5H9IO.C3H10NOPS/c1-3-5-8(7-9)6-4-2;1-5(2,3-6)4-7;1-7-3-2-5-6-4/h3-6H,1,7,9H2,2H3;4H,3H2,1-2H3;6H,2-4H2,1H3/b6-4-,8-5+;;. The van der Waals surface area contributed by atoms with E-state index in [1.54, 1.807) is 17.8 Å². The van der Waals surface area contributed by atoms with Crippen LogP contribution in [0.3, 0.4) is 0 Å². The first-order chi connectivity index (χ1) is 10.9. The van der Waals surface area contributed by atoms with E-state index in [1.165, 1.54) is 0 Å². The molecule has 0 fully saturated rings. The molecule has 0 amide bonds. The maximum absolute atomic E-state index is 10.1. The topological polar surface area (TPSA) is 78.3 Å². The predicted octanol–water partition coefficient (Wildman–Crippen LogP) is 4.11. The largest absolute Gasteiger partial charge is 0.346 e. The van der Waals surface area contributed by atoms with Crippen molar-refractivity contribution in [3.8, 4) is 0 Å². The Balaban J connectivity index is -0.000000264. The van der Waals surface area contributed by atoms with Crippen molar-refractivity contribution in [2.24, 2.45) is 16.7 Å². The van der Waals surface area contributed by atoms with Gasteiger partial charge in [0.1, 0.15) is 6.29 Å². The van der Waals surface area contributed by atoms with Crippen LogP contribution < -0.4 is 11.2 Å². The van der Waals surface area contributed by atoms with E-state index < -0.39 is 0 Å². The maximum Gasteiger partial charge on any atom is 0.126 e. The SMILES string of the molecule is C=C/C=C(\C=C/C)CN.CC(C)(C=O)CI.CSCCOPN. The third-order valence-electron chi connectivity index (χ3n) is 2.08. The first-order valence-electron chi connectivity index (χ1n) is 7.12. The van der Waals surface area contributed by atoms with Gasteiger partial charge in [-0.25, -0.2) is 0 Å². The van der Waals surface area contributed by atoms with E-state index in [4.69, 9.17) is 15.8 Å². The second-order valence-corrected chi connectivity index (χ2v) is 7.15. The van der Waals surface area contributed by atoms with Crippen molar-refractivity contribution >= 4 is 49.6 Å². The molecule has 0 radical (unpaired) electrons. The Hall–Kier alpha value is 0.280. The van der Waals surface area contributed by atoms with Crippen LogP contribution in [0.2, 0.25) is 0 Å². The van der Waals surface area contributed by atoms with Crippen molar-refractivity contribution in [3.63, 3.8) is 0 Å². The summed E-state index contributed by atoms with van der Waals surface area (Å²) in [6.45, 7) is 10.7. The van der Waals surface area contributed by atoms with Gasteiger partial charge in [0.2, 0.25) is 0 Å². The average molecular weight is 474 g/mol. The fraction of sp³-hybridized carbons (Fsp3) is 0.562. The fourth-order valence-electron chi connectivity index (χ4n) is 0.773. The van der Waals surface area contributed by atoms with Gasteiger partial charge in [0.05, 0.1) is 15.6 Å². The number of thioether (sulfide) groups is 1. The monoisotopic (exact) mass is 474 g/mol. The molecule has 0 aromatic carbocycles. The minimum absolute atomic E-state index is 0.111. The molecule has 0 saturated carbocycles. The molecule has 136 valence electrons. The lowest BCUT2D eigenvalue weighted by Gasteiger charge is -2.09. The van der Waals surface area contributed by atoms with E-state index in [2.05, 4.69) is 29.2 Å². The molecular weight excluding hydrogens is 442 g/mol. The maximum atomic E-state index is 10.1. The smallest absolute Gasteiger partial charge is 0.126 e. The van der Waals surface area contributed by atoms with Crippen LogP contribution in [0.5, 0.6) is 0 Å². The predicted molar refractivity (Wildman–Crippen MR) is 118 cm³/mol. The van der Waals surface area contributed by atoms with Crippen LogP contribution in [-0.2, 0) is 9.32 Å². The summed E-state index contributed by atoms with van der Waals surface area (Å²) in [5.41, 5.74) is 11.4. The van der Waals surface area contributed by atoms with Gasteiger partial charge in [0.25, 0.3) is 0 Å². The summed E-state index contributed by atoms with van der Waals surface area (Å²) >= 11 is 3.96. The number of hydrogen-bond donors (Lipinski definition) is 2. The second-order valence-electron chi connectivity index (χ2n) is 4.88. The number of carbonyl (C=O) groups excluding carboxylic acids is 1. The van der Waals surface area contributed by atoms with E-state index in [-0.39, 0.29) is 14.4 Å². The molecule has 0 aliphatic carbocycles. The quantitative estimate of drug-likeness (QED) is 0.131. The summed E-state index contributed by atoms with van der Waals surface area (Å²) in [5.74, 6) is 1.05. The molecule has 4 N–H and O–H groups in total. The van der Waals surface area contributed by atoms with Gasteiger partial charge in [-0.2, -0.15) is 11.8 Å². The molecule has 0 aromatic rings. The van der Waals surface area contributed by atoms with Gasteiger partial charge in [-0.3, -0.25) is 5.50 Å². The molecule has 1 atom stereocenters. The van der Waals surface area contributed by atoms with Gasteiger partial charge in [-0.1, -0.05) is 67.3 Å². The summed E-state index contributed by atoms with van der Waals surface area (Å²) in [4.78, 5) is 10.1. The first kappa shape index (κ1) is 28.1. The van der Waals surface area contributed by atoms with Crippen molar-refractivity contribution in [2.75, 3.05) is 29.6 Å². The number of alkyl halides is 1. The number of halogens is 1. The number of aldehydes is 1. The third-order valence-corrected chi connectivity index (χ3v) is 5.00. The molecule has 4 nitrogen and oxygen atoms in total. The Morgan fingerprint density at radius 2 is 2.09 bits per heavy atom. The highest BCUT2D eigenvalue weighted by Gasteiger charge is 2.12. The number of hydrogen-bond acceptors (Lipinski definition) is 5. The summed E-state index contributed by atoms with van der Waals surface area (Å²) in [6.07, 6.45) is 10.6. The zero-order valence-corrected chi connectivity index (χ0v) is 18.7. The van der Waals surface area contributed by atoms with Crippen LogP contribution in [-0.4, -0.2) is 35.9 Å². The van der Waals surface area contributed by atoms with Crippen LogP contribution in [0.15, 0.2) is 36.5 Å². The summed E-state index contributed by atoms with van der Waals surface area (Å²) < 4.78 is 5.76. The molecule has 7 heteroatoms. The van der Waals surface area contributed by atoms with Gasteiger partial charge in [-0.05, 0) is 18.8 Å². The zero-order valence-electron chi connectivity index (χ0n) is 14.7. The van der Waals surface area contributed by atoms with Crippen LogP contribution >= 0.6 is 43.3 Å². The number of carbonyl (C=O) groups is 1. The molecule has 0 heterocycles. The van der Waals surface area contributed by atoms with E-state index in [1.807, 2.05) is 45.3 Å². The van der Waals surface area contributed by atoms with E-state index in [9.17, 15) is 4.79 Å². The lowest BCUT2D eigenvalue weighted by atomic mass is 10.0. The molecular formula is C16H32IN2O2PS. The molecule has 23 heavy (non-hydrogen) atoms. The Labute approximate surface area is 162 Å². The molecule has 0 aliphatic rings. The normalized spacial score (nSPS) is 11.7. The van der Waals surface area contributed by atoms with E-state index in [0.717, 1.165) is 28.6 Å². The Bertz CT molecular complexity index is 334. The van der Waals surface area contributed by atoms with Crippen LogP contribution in [0, 0.1) is 5.41 Å². The molecule has 1 unspecified atom stereocenters. The Kier molecular flexibility index (Phi) is 27.2. The number of rotatable bonds is 9. The zero-order chi connectivity index (χ0) is 18.6. The number of allylic oxidation sites excluding steroid dienone is 3. The minimum atomic E-state index is -0.111. The molecule has 0 bridgehead atoms. The van der Waals surface area contributed by atoms with Crippen molar-refractivity contribution in [1.29, 1.82) is 0 Å². The highest BCUT2D eigenvalue weighted by molar-refractivity contribution is 14.1. The summed E-state index contributed by atoms with van der Waals surface area (Å²) in [7, 11) is 0.154. The lowest BCUT2D eigenvalue weighted by molar-refractivity contribution is -0.113. The van der Waals surface area contributed by atoms with Crippen LogP contribution in [0.4, 0.5) is 0 Å². The highest BCUT2D eigenvalue weighted by Crippen LogP contribution is 2.13. The van der Waals surface area contributed by atoms with Crippen molar-refractivity contribution < 1.29 is 9.32 Å². The molecule has 0 rings (SSSR count). The molecule has 0 saturated heterocycles. The fourth-order valence-corrected chi connectivity index (χ4v) is 1.57. The third kappa shape index (κ3) is 27.4. The average Bonchev–Trinajstić information content (AvgIpc) is 2.56. The van der Waals surface area contributed by atoms with Gasteiger partial charge in [0, 0.05) is 22.1 Å². The number of nitrogens with two attached hydrogens (primary N) is 2. The van der Waals surface area contributed by atoms with Gasteiger partial charge < -0.3 is 15.1 Å². The van der Waals surface area contributed by atoms with Crippen LogP contribution in [0.25, 0.3) is 0 Å². The van der Waals surface area contributed by atoms with Crippen molar-refractivity contribution in [3.05, 3.63) is 36.5 Å². The Morgan fingerprint density at radius 1 is 1.48 bits per heavy atom. The summed E-state index contributed by atoms with van der Waals surface area (Å²) in [5, 5.41) is 0. The second kappa shape index (κ2) is 22.3. The lowest BCUT2D eigenvalue weighted by Crippen LogP contribution is -2.13. The van der Waals surface area contributed by atoms with Gasteiger partial charge in [-0.15, -0.1) is 0 Å². The highest BCUT2D eigenvalue weighted by atomic mass is 127. The van der Waals surface area contributed by atoms with Crippen molar-refractivity contribution in [2.45, 2.75) is 20.8 Å². The summed E-state index contributed by atoms with van der Waals surface area (Å²) in [6, 6.07) is 0. The van der Waals surface area contributed by atoms with Crippen molar-refractivity contribution in [1.82, 2.24) is 0 Å². The Morgan fingerprint density at radius 3 is 2.35 bits per heavy atom. The molecule has 0 aliphatic heterocycles. The van der Waals surface area contributed by atoms with Gasteiger partial charge in [0.15, 0.2) is 0 Å². The molecule has 0 aromatic heterocycles. The van der Waals surface area contributed by atoms with Gasteiger partial charge >= 0.3 is 0 Å². The van der Waals surface area contributed by atoms with E-state index >= 15 is 0 Å². The minimum Gasteiger partial charge on any atom is -0.346 e. The van der Waals surface area contributed by atoms with Crippen LogP contribution in [0.1, 0.15) is 20.8 Å².